The molecule has 8 nitrogen and oxygen atoms in total. The van der Waals surface area contributed by atoms with Crippen LogP contribution < -0.4 is 4.74 Å². The molecule has 3 aromatic rings. The Morgan fingerprint density at radius 3 is 2.04 bits per heavy atom. The van der Waals surface area contributed by atoms with Gasteiger partial charge in [-0.25, -0.2) is 19.3 Å². The summed E-state index contributed by atoms with van der Waals surface area (Å²) in [7, 11) is 0. The van der Waals surface area contributed by atoms with Crippen LogP contribution in [0.3, 0.4) is 0 Å². The average Bonchev–Trinajstić information content (AvgIpc) is 3.21. The van der Waals surface area contributed by atoms with E-state index < -0.39 is 5.60 Å². The summed E-state index contributed by atoms with van der Waals surface area (Å²) in [4.78, 5) is 7.76. The van der Waals surface area contributed by atoms with Crippen molar-refractivity contribution < 1.29 is 9.84 Å². The Balaban J connectivity index is 1.72. The van der Waals surface area contributed by atoms with Crippen LogP contribution in [0.25, 0.3) is 0 Å². The highest BCUT2D eigenvalue weighted by atomic mass is 35.5. The second kappa shape index (κ2) is 6.76. The van der Waals surface area contributed by atoms with E-state index in [-0.39, 0.29) is 19.7 Å². The number of hydrogen-bond acceptors (Lipinski definition) is 6. The smallest absolute Gasteiger partial charge is 0.138 e. The van der Waals surface area contributed by atoms with Gasteiger partial charge in [0.15, 0.2) is 0 Å². The highest BCUT2D eigenvalue weighted by Gasteiger charge is 2.30. The van der Waals surface area contributed by atoms with Crippen LogP contribution >= 0.6 is 11.6 Å². The molecule has 23 heavy (non-hydrogen) atoms. The summed E-state index contributed by atoms with van der Waals surface area (Å²) in [5.41, 5.74) is -1.24. The summed E-state index contributed by atoms with van der Waals surface area (Å²) >= 11 is 5.85. The predicted octanol–water partition coefficient (Wildman–Crippen LogP) is 1.03. The van der Waals surface area contributed by atoms with E-state index in [1.54, 1.807) is 33.6 Å². The summed E-state index contributed by atoms with van der Waals surface area (Å²) in [6.07, 6.45) is 5.90. The largest absolute Gasteiger partial charge is 0.490 e. The molecule has 1 N–H and O–H groups in total. The van der Waals surface area contributed by atoms with Crippen molar-refractivity contribution in [2.75, 3.05) is 6.61 Å². The number of hydrogen-bond donors (Lipinski definition) is 1. The van der Waals surface area contributed by atoms with Crippen molar-refractivity contribution in [3.63, 3.8) is 0 Å². The monoisotopic (exact) mass is 334 g/mol. The van der Waals surface area contributed by atoms with Gasteiger partial charge in [-0.2, -0.15) is 10.2 Å². The van der Waals surface area contributed by atoms with E-state index in [1.165, 1.54) is 25.3 Å². The van der Waals surface area contributed by atoms with Gasteiger partial charge in [0.1, 0.15) is 43.3 Å². The molecule has 0 aliphatic rings. The number of benzene rings is 1. The number of ether oxygens (including phenoxy) is 1. The summed E-state index contributed by atoms with van der Waals surface area (Å²) in [6.45, 7) is 0.468. The lowest BCUT2D eigenvalue weighted by Crippen LogP contribution is -2.44. The van der Waals surface area contributed by atoms with Crippen LogP contribution in [0, 0.1) is 0 Å². The van der Waals surface area contributed by atoms with Crippen LogP contribution in [0.1, 0.15) is 0 Å². The van der Waals surface area contributed by atoms with Crippen LogP contribution in [0.2, 0.25) is 5.02 Å². The Labute approximate surface area is 137 Å². The van der Waals surface area contributed by atoms with Crippen LogP contribution in [0.4, 0.5) is 0 Å². The Bertz CT molecular complexity index is 678. The predicted molar refractivity (Wildman–Crippen MR) is 81.9 cm³/mol. The van der Waals surface area contributed by atoms with E-state index in [2.05, 4.69) is 20.2 Å². The number of aliphatic hydroxyl groups is 1. The minimum absolute atomic E-state index is 0.0500. The third-order valence-electron chi connectivity index (χ3n) is 3.17. The first kappa shape index (κ1) is 15.4. The van der Waals surface area contributed by atoms with Crippen LogP contribution in [0.15, 0.2) is 49.6 Å². The number of nitrogens with zero attached hydrogens (tertiary/aromatic N) is 6. The molecule has 2 heterocycles. The molecule has 0 saturated heterocycles. The first-order chi connectivity index (χ1) is 11.1. The molecule has 0 unspecified atom stereocenters. The Morgan fingerprint density at radius 2 is 1.57 bits per heavy atom. The van der Waals surface area contributed by atoms with E-state index in [4.69, 9.17) is 16.3 Å². The fourth-order valence-electron chi connectivity index (χ4n) is 2.12. The van der Waals surface area contributed by atoms with Crippen molar-refractivity contribution in [1.29, 1.82) is 0 Å². The molecule has 9 heteroatoms. The van der Waals surface area contributed by atoms with Crippen LogP contribution in [-0.2, 0) is 13.1 Å². The van der Waals surface area contributed by atoms with E-state index >= 15 is 0 Å². The Morgan fingerprint density at radius 1 is 1.00 bits per heavy atom. The van der Waals surface area contributed by atoms with Crippen molar-refractivity contribution >= 4 is 11.6 Å². The van der Waals surface area contributed by atoms with Gasteiger partial charge in [-0.1, -0.05) is 11.6 Å². The highest BCUT2D eigenvalue weighted by molar-refractivity contribution is 6.30. The summed E-state index contributed by atoms with van der Waals surface area (Å²) in [6, 6.07) is 6.94. The third-order valence-corrected chi connectivity index (χ3v) is 3.42. The quantitative estimate of drug-likeness (QED) is 0.694. The van der Waals surface area contributed by atoms with Gasteiger partial charge in [0.25, 0.3) is 0 Å². The second-order valence-electron chi connectivity index (χ2n) is 5.15. The lowest BCUT2D eigenvalue weighted by atomic mass is 10.1. The molecule has 2 aromatic heterocycles. The third kappa shape index (κ3) is 4.27. The molecule has 0 saturated carbocycles. The first-order valence-electron chi connectivity index (χ1n) is 6.89. The SMILES string of the molecule is OC(COc1ccc(Cl)cc1)(Cn1cncn1)Cn1cncn1. The van der Waals surface area contributed by atoms with Gasteiger partial charge >= 0.3 is 0 Å². The van der Waals surface area contributed by atoms with E-state index in [1.807, 2.05) is 0 Å². The topological polar surface area (TPSA) is 90.9 Å². The van der Waals surface area contributed by atoms with Gasteiger partial charge in [0.05, 0.1) is 13.1 Å². The van der Waals surface area contributed by atoms with Crippen molar-refractivity contribution in [3.8, 4) is 5.75 Å². The molecule has 0 aliphatic heterocycles. The van der Waals surface area contributed by atoms with Gasteiger partial charge in [-0.3, -0.25) is 0 Å². The van der Waals surface area contributed by atoms with Crippen LogP contribution in [-0.4, -0.2) is 46.8 Å². The van der Waals surface area contributed by atoms with Gasteiger partial charge in [-0.05, 0) is 24.3 Å². The van der Waals surface area contributed by atoms with E-state index in [0.717, 1.165) is 0 Å². The normalized spacial score (nSPS) is 11.6. The van der Waals surface area contributed by atoms with Gasteiger partial charge in [-0.15, -0.1) is 0 Å². The summed E-state index contributed by atoms with van der Waals surface area (Å²) in [5.74, 6) is 0.616. The average molecular weight is 335 g/mol. The van der Waals surface area contributed by atoms with Crippen molar-refractivity contribution in [1.82, 2.24) is 29.5 Å². The molecule has 120 valence electrons. The number of rotatable bonds is 7. The van der Waals surface area contributed by atoms with E-state index in [0.29, 0.717) is 10.8 Å². The molecule has 0 atom stereocenters. The molecule has 0 bridgehead atoms. The zero-order valence-corrected chi connectivity index (χ0v) is 12.9. The molecule has 0 amide bonds. The second-order valence-corrected chi connectivity index (χ2v) is 5.59. The Hall–Kier alpha value is -2.45. The summed E-state index contributed by atoms with van der Waals surface area (Å²) < 4.78 is 8.78. The van der Waals surface area contributed by atoms with Gasteiger partial charge < -0.3 is 9.84 Å². The minimum Gasteiger partial charge on any atom is -0.490 e. The standard InChI is InChI=1S/C14H15ClN6O2/c15-12-1-3-13(4-2-12)23-7-14(22,5-20-10-16-8-18-20)6-21-11-17-9-19-21/h1-4,8-11,22H,5-7H2. The Kier molecular flexibility index (Phi) is 4.54. The maximum absolute atomic E-state index is 10.9. The van der Waals surface area contributed by atoms with Crippen molar-refractivity contribution in [2.24, 2.45) is 0 Å². The molecule has 3 rings (SSSR count). The number of aromatic nitrogens is 6. The molecular weight excluding hydrogens is 320 g/mol. The molecule has 1 aromatic carbocycles. The lowest BCUT2D eigenvalue weighted by molar-refractivity contribution is -0.0379. The maximum Gasteiger partial charge on any atom is 0.138 e. The summed E-state index contributed by atoms with van der Waals surface area (Å²) in [5, 5.41) is 19.6. The van der Waals surface area contributed by atoms with Crippen molar-refractivity contribution in [3.05, 3.63) is 54.6 Å². The molecule has 0 aliphatic carbocycles. The maximum atomic E-state index is 10.9. The first-order valence-corrected chi connectivity index (χ1v) is 7.26. The van der Waals surface area contributed by atoms with Gasteiger partial charge in [0, 0.05) is 5.02 Å². The van der Waals surface area contributed by atoms with Crippen molar-refractivity contribution in [2.45, 2.75) is 18.7 Å². The zero-order valence-electron chi connectivity index (χ0n) is 12.2. The fraction of sp³-hybridized carbons (Fsp3) is 0.286. The fourth-order valence-corrected chi connectivity index (χ4v) is 2.25. The molecular formula is C14H15ClN6O2. The molecule has 0 fully saturated rings. The van der Waals surface area contributed by atoms with Gasteiger partial charge in [0.2, 0.25) is 0 Å². The highest BCUT2D eigenvalue weighted by Crippen LogP contribution is 2.18. The molecule has 0 spiro atoms. The minimum atomic E-state index is -1.24. The number of halogens is 1. The zero-order chi connectivity index (χ0) is 16.1. The van der Waals surface area contributed by atoms with E-state index in [9.17, 15) is 5.11 Å². The molecule has 0 radical (unpaired) electrons. The lowest BCUT2D eigenvalue weighted by Gasteiger charge is -2.27. The van der Waals surface area contributed by atoms with Crippen LogP contribution in [0.5, 0.6) is 5.75 Å².